The Labute approximate surface area is 195 Å². The number of aryl methyl sites for hydroxylation is 1. The van der Waals surface area contributed by atoms with E-state index >= 15 is 0 Å². The van der Waals surface area contributed by atoms with Crippen LogP contribution in [-0.4, -0.2) is 69.6 Å². The molecule has 2 aliphatic heterocycles. The largest absolute Gasteiger partial charge is 0.491 e. The molecule has 11 nitrogen and oxygen atoms in total. The Hall–Kier alpha value is -3.96. The van der Waals surface area contributed by atoms with Gasteiger partial charge in [-0.25, -0.2) is 14.1 Å². The maximum Gasteiger partial charge on any atom is 0.275 e. The first-order valence-corrected chi connectivity index (χ1v) is 10.9. The number of benzene rings is 1. The number of aromatic nitrogens is 5. The normalized spacial score (nSPS) is 18.0. The van der Waals surface area contributed by atoms with Gasteiger partial charge < -0.3 is 25.0 Å². The number of hydrogen-bond donors (Lipinski definition) is 1. The van der Waals surface area contributed by atoms with Gasteiger partial charge in [0.05, 0.1) is 19.7 Å². The fourth-order valence-corrected chi connectivity index (χ4v) is 4.57. The summed E-state index contributed by atoms with van der Waals surface area (Å²) in [7, 11) is 4.81. The van der Waals surface area contributed by atoms with Gasteiger partial charge in [0.2, 0.25) is 5.88 Å². The van der Waals surface area contributed by atoms with Gasteiger partial charge in [0, 0.05) is 26.2 Å². The minimum atomic E-state index is -0.359. The van der Waals surface area contributed by atoms with Crippen LogP contribution in [0.15, 0.2) is 18.2 Å². The van der Waals surface area contributed by atoms with Gasteiger partial charge >= 0.3 is 0 Å². The number of methoxy groups -OCH3 is 1. The van der Waals surface area contributed by atoms with E-state index in [-0.39, 0.29) is 48.3 Å². The Morgan fingerprint density at radius 2 is 2.06 bits per heavy atom. The highest BCUT2D eigenvalue weighted by atomic mass is 19.1. The summed E-state index contributed by atoms with van der Waals surface area (Å²) in [6.07, 6.45) is 1.61. The van der Waals surface area contributed by atoms with E-state index in [2.05, 4.69) is 15.3 Å². The van der Waals surface area contributed by atoms with Crippen LogP contribution in [0.5, 0.6) is 11.6 Å². The zero-order valence-corrected chi connectivity index (χ0v) is 19.2. The molecule has 0 radical (unpaired) electrons. The van der Waals surface area contributed by atoms with Crippen LogP contribution in [-0.2, 0) is 7.05 Å². The minimum Gasteiger partial charge on any atom is -0.491 e. The van der Waals surface area contributed by atoms with E-state index in [1.165, 1.54) is 28.8 Å². The standard InChI is InChI=1S/C22H25FN8O3/c1-29-9-10-34-15-7-6-12(23)11-13(15)14-5-4-8-31(14)20-18(24)26-27-19(25-20)16-17(21(29)32)28-30(2)22(16)33-3/h6-7,11,14H,4-5,8-10H2,1-3H3,(H2,24,26)/t14-/m1/s1. The van der Waals surface area contributed by atoms with E-state index in [0.717, 1.165) is 12.8 Å². The molecule has 0 aliphatic carbocycles. The molecule has 3 aromatic rings. The lowest BCUT2D eigenvalue weighted by atomic mass is 10.0. The highest BCUT2D eigenvalue weighted by Gasteiger charge is 2.34. The van der Waals surface area contributed by atoms with Crippen LogP contribution in [0.2, 0.25) is 0 Å². The maximum absolute atomic E-state index is 14.3. The first-order valence-electron chi connectivity index (χ1n) is 10.9. The van der Waals surface area contributed by atoms with Gasteiger partial charge in [-0.1, -0.05) is 0 Å². The van der Waals surface area contributed by atoms with Crippen molar-refractivity contribution in [2.24, 2.45) is 7.05 Å². The summed E-state index contributed by atoms with van der Waals surface area (Å²) >= 11 is 0. The van der Waals surface area contributed by atoms with Crippen molar-refractivity contribution in [3.63, 3.8) is 0 Å². The van der Waals surface area contributed by atoms with Crippen LogP contribution in [0.1, 0.15) is 34.9 Å². The fourth-order valence-electron chi connectivity index (χ4n) is 4.57. The number of rotatable bonds is 1. The quantitative estimate of drug-likeness (QED) is 0.569. The summed E-state index contributed by atoms with van der Waals surface area (Å²) in [5.74, 6) is 0.869. The third-order valence-electron chi connectivity index (χ3n) is 6.19. The smallest absolute Gasteiger partial charge is 0.275 e. The number of anilines is 2. The van der Waals surface area contributed by atoms with Crippen LogP contribution in [0.25, 0.3) is 11.4 Å². The van der Waals surface area contributed by atoms with Gasteiger partial charge in [0.25, 0.3) is 5.91 Å². The van der Waals surface area contributed by atoms with E-state index in [1.54, 1.807) is 20.2 Å². The summed E-state index contributed by atoms with van der Waals surface area (Å²) < 4.78 is 27.3. The van der Waals surface area contributed by atoms with Crippen molar-refractivity contribution in [2.75, 3.05) is 44.5 Å². The molecule has 2 aromatic heterocycles. The third-order valence-corrected chi connectivity index (χ3v) is 6.19. The summed E-state index contributed by atoms with van der Waals surface area (Å²) in [4.78, 5) is 21.5. The molecule has 178 valence electrons. The number of ether oxygens (including phenoxy) is 2. The number of halogens is 1. The molecule has 2 bridgehead atoms. The fraction of sp³-hybridized carbons (Fsp3) is 0.409. The number of nitrogens with two attached hydrogens (primary N) is 1. The van der Waals surface area contributed by atoms with E-state index in [9.17, 15) is 9.18 Å². The number of likely N-dealkylation sites (N-methyl/N-ethyl adjacent to an activating group) is 1. The van der Waals surface area contributed by atoms with Crippen molar-refractivity contribution < 1.29 is 18.7 Å². The summed E-state index contributed by atoms with van der Waals surface area (Å²) in [5.41, 5.74) is 7.37. The highest BCUT2D eigenvalue weighted by Crippen LogP contribution is 2.42. The molecule has 12 heteroatoms. The van der Waals surface area contributed by atoms with E-state index < -0.39 is 0 Å². The second kappa shape index (κ2) is 8.43. The number of nitrogen functional groups attached to an aromatic ring is 1. The van der Waals surface area contributed by atoms with Crippen molar-refractivity contribution in [2.45, 2.75) is 18.9 Å². The molecule has 2 aliphatic rings. The Kier molecular flexibility index (Phi) is 5.42. The number of carbonyl (C=O) groups is 1. The van der Waals surface area contributed by atoms with E-state index in [0.29, 0.717) is 35.1 Å². The molecule has 1 atom stereocenters. The van der Waals surface area contributed by atoms with Crippen molar-refractivity contribution >= 4 is 17.5 Å². The Balaban J connectivity index is 1.73. The Bertz CT molecular complexity index is 1260. The van der Waals surface area contributed by atoms with Crippen LogP contribution < -0.4 is 20.1 Å². The van der Waals surface area contributed by atoms with Crippen molar-refractivity contribution in [3.8, 4) is 23.0 Å². The average Bonchev–Trinajstić information content (AvgIpc) is 3.43. The number of hydrogen-bond acceptors (Lipinski definition) is 9. The SMILES string of the molecule is COc1c2c(nn1C)C(=O)N(C)CCOc1ccc(F)cc1[C@H]1CCCN1c1nc-2nnc1N. The number of amides is 1. The maximum atomic E-state index is 14.3. The second-order valence-electron chi connectivity index (χ2n) is 8.31. The average molecular weight is 468 g/mol. The zero-order chi connectivity index (χ0) is 24.0. The molecule has 1 aromatic carbocycles. The van der Waals surface area contributed by atoms with E-state index in [1.807, 2.05) is 4.90 Å². The number of carbonyl (C=O) groups excluding carboxylic acids is 1. The van der Waals surface area contributed by atoms with Gasteiger partial charge in [-0.05, 0) is 31.0 Å². The lowest BCUT2D eigenvalue weighted by Crippen LogP contribution is -2.32. The van der Waals surface area contributed by atoms with Gasteiger partial charge in [-0.3, -0.25) is 4.79 Å². The molecule has 0 spiro atoms. The molecule has 5 rings (SSSR count). The number of nitrogens with zero attached hydrogens (tertiary/aromatic N) is 7. The lowest BCUT2D eigenvalue weighted by molar-refractivity contribution is 0.0767. The van der Waals surface area contributed by atoms with Crippen molar-refractivity contribution in [3.05, 3.63) is 35.3 Å². The molecular weight excluding hydrogens is 443 g/mol. The van der Waals surface area contributed by atoms with Crippen LogP contribution in [0.3, 0.4) is 0 Å². The van der Waals surface area contributed by atoms with Gasteiger partial charge in [-0.2, -0.15) is 5.10 Å². The molecule has 0 saturated carbocycles. The van der Waals surface area contributed by atoms with E-state index in [4.69, 9.17) is 20.2 Å². The monoisotopic (exact) mass is 468 g/mol. The first-order chi connectivity index (χ1) is 16.4. The van der Waals surface area contributed by atoms with Crippen molar-refractivity contribution in [1.29, 1.82) is 0 Å². The lowest BCUT2D eigenvalue weighted by Gasteiger charge is -2.28. The molecule has 4 heterocycles. The van der Waals surface area contributed by atoms with Gasteiger partial charge in [0.15, 0.2) is 23.2 Å². The predicted molar refractivity (Wildman–Crippen MR) is 121 cm³/mol. The van der Waals surface area contributed by atoms with Crippen molar-refractivity contribution in [1.82, 2.24) is 29.9 Å². The molecular formula is C22H25FN8O3. The number of fused-ring (bicyclic) bond motifs is 8. The third kappa shape index (κ3) is 3.55. The summed E-state index contributed by atoms with van der Waals surface area (Å²) in [6, 6.07) is 4.24. The molecule has 1 saturated heterocycles. The molecule has 34 heavy (non-hydrogen) atoms. The molecule has 1 fully saturated rings. The molecule has 2 N–H and O–H groups in total. The predicted octanol–water partition coefficient (Wildman–Crippen LogP) is 1.81. The van der Waals surface area contributed by atoms with Crippen LogP contribution in [0, 0.1) is 5.82 Å². The topological polar surface area (TPSA) is 125 Å². The molecule has 0 unspecified atom stereocenters. The molecule has 1 amide bonds. The Morgan fingerprint density at radius 3 is 2.85 bits per heavy atom. The highest BCUT2D eigenvalue weighted by molar-refractivity contribution is 5.99. The van der Waals surface area contributed by atoms with Crippen LogP contribution in [0.4, 0.5) is 16.0 Å². The minimum absolute atomic E-state index is 0.134. The van der Waals surface area contributed by atoms with Crippen LogP contribution >= 0.6 is 0 Å². The van der Waals surface area contributed by atoms with Gasteiger partial charge in [0.1, 0.15) is 23.7 Å². The summed E-state index contributed by atoms with van der Waals surface area (Å²) in [5, 5.41) is 12.7. The Morgan fingerprint density at radius 1 is 1.24 bits per heavy atom. The zero-order valence-electron chi connectivity index (χ0n) is 19.2. The van der Waals surface area contributed by atoms with Gasteiger partial charge in [-0.15, -0.1) is 10.2 Å². The first kappa shape index (κ1) is 21.9. The second-order valence-corrected chi connectivity index (χ2v) is 8.31. The summed E-state index contributed by atoms with van der Waals surface area (Å²) in [6.45, 7) is 1.15.